The van der Waals surface area contributed by atoms with Crippen LogP contribution in [0.25, 0.3) is 5.82 Å². The number of aromatic nitrogens is 4. The van der Waals surface area contributed by atoms with Crippen LogP contribution in [-0.4, -0.2) is 56.5 Å². The van der Waals surface area contributed by atoms with Crippen molar-refractivity contribution >= 4 is 27.7 Å². The van der Waals surface area contributed by atoms with Crippen molar-refractivity contribution in [1.82, 2.24) is 24.4 Å². The van der Waals surface area contributed by atoms with Crippen molar-refractivity contribution in [2.24, 2.45) is 0 Å². The van der Waals surface area contributed by atoms with Crippen molar-refractivity contribution in [3.63, 3.8) is 0 Å². The molecule has 2 aromatic heterocycles. The number of nitrogens with zero attached hydrogens (tertiary/aromatic N) is 6. The number of imidazole rings is 1. The molecule has 138 valence electrons. The highest BCUT2D eigenvalue weighted by atomic mass is 79.9. The number of anilines is 1. The van der Waals surface area contributed by atoms with E-state index < -0.39 is 0 Å². The van der Waals surface area contributed by atoms with Gasteiger partial charge in [-0.05, 0) is 25.1 Å². The number of benzene rings is 1. The van der Waals surface area contributed by atoms with Gasteiger partial charge in [-0.15, -0.1) is 0 Å². The molecule has 1 fully saturated rings. The second-order valence-corrected chi connectivity index (χ2v) is 7.31. The monoisotopic (exact) mass is 426 g/mol. The number of piperazine rings is 1. The molecule has 7 nitrogen and oxygen atoms in total. The van der Waals surface area contributed by atoms with Crippen LogP contribution in [-0.2, 0) is 0 Å². The van der Waals surface area contributed by atoms with Gasteiger partial charge in [-0.25, -0.2) is 15.0 Å². The molecular weight excluding hydrogens is 408 g/mol. The lowest BCUT2D eigenvalue weighted by atomic mass is 10.2. The van der Waals surface area contributed by atoms with Crippen LogP contribution in [0.15, 0.2) is 53.5 Å². The number of hydrogen-bond donors (Lipinski definition) is 0. The van der Waals surface area contributed by atoms with Crippen molar-refractivity contribution in [1.29, 1.82) is 0 Å². The third-order valence-electron chi connectivity index (χ3n) is 4.54. The summed E-state index contributed by atoms with van der Waals surface area (Å²) in [4.78, 5) is 29.9. The molecule has 27 heavy (non-hydrogen) atoms. The Labute approximate surface area is 165 Å². The third-order valence-corrected chi connectivity index (χ3v) is 5.04. The molecule has 0 N–H and O–H groups in total. The Morgan fingerprint density at radius 2 is 1.85 bits per heavy atom. The summed E-state index contributed by atoms with van der Waals surface area (Å²) in [5.41, 5.74) is 0.707. The summed E-state index contributed by atoms with van der Waals surface area (Å²) < 4.78 is 2.78. The summed E-state index contributed by atoms with van der Waals surface area (Å²) in [5, 5.41) is 0. The summed E-state index contributed by atoms with van der Waals surface area (Å²) >= 11 is 3.42. The number of amides is 1. The van der Waals surface area contributed by atoms with Gasteiger partial charge >= 0.3 is 0 Å². The first-order valence-corrected chi connectivity index (χ1v) is 9.53. The molecule has 1 amide bonds. The van der Waals surface area contributed by atoms with Crippen LogP contribution < -0.4 is 4.90 Å². The number of aryl methyl sites for hydroxylation is 1. The Kier molecular flexibility index (Phi) is 4.89. The highest BCUT2D eigenvalue weighted by Gasteiger charge is 2.23. The molecule has 0 bridgehead atoms. The minimum atomic E-state index is 0.0638. The zero-order valence-electron chi connectivity index (χ0n) is 14.9. The Hall–Kier alpha value is -2.74. The SMILES string of the molecule is Cc1nc(N2CCN(C(=O)c3cccc(Br)c3)CC2)cc(-n2ccnc2)n1. The fraction of sp³-hybridized carbons (Fsp3) is 0.263. The standard InChI is InChI=1S/C19H19BrN6O/c1-14-22-17(12-18(23-14)26-6-5-21-13-26)24-7-9-25(10-8-24)19(27)15-3-2-4-16(20)11-15/h2-6,11-13H,7-10H2,1H3. The molecular formula is C19H19BrN6O. The van der Waals surface area contributed by atoms with Crippen LogP contribution in [0.3, 0.4) is 0 Å². The predicted octanol–water partition coefficient (Wildman–Crippen LogP) is 2.70. The van der Waals surface area contributed by atoms with Crippen LogP contribution >= 0.6 is 15.9 Å². The molecule has 4 rings (SSSR count). The maximum atomic E-state index is 12.7. The third kappa shape index (κ3) is 3.85. The van der Waals surface area contributed by atoms with Crippen LogP contribution in [0.2, 0.25) is 0 Å². The Bertz CT molecular complexity index is 951. The lowest BCUT2D eigenvalue weighted by Crippen LogP contribution is -2.49. The van der Waals surface area contributed by atoms with Gasteiger partial charge in [0, 0.05) is 54.7 Å². The average molecular weight is 427 g/mol. The first-order chi connectivity index (χ1) is 13.1. The van der Waals surface area contributed by atoms with Crippen LogP contribution in [0.4, 0.5) is 5.82 Å². The molecule has 0 aliphatic carbocycles. The van der Waals surface area contributed by atoms with Gasteiger partial charge in [-0.1, -0.05) is 22.0 Å². The zero-order valence-corrected chi connectivity index (χ0v) is 16.5. The lowest BCUT2D eigenvalue weighted by Gasteiger charge is -2.35. The molecule has 0 saturated carbocycles. The average Bonchev–Trinajstić information content (AvgIpc) is 3.22. The van der Waals surface area contributed by atoms with E-state index in [9.17, 15) is 4.79 Å². The van der Waals surface area contributed by atoms with Gasteiger partial charge in [0.2, 0.25) is 0 Å². The topological polar surface area (TPSA) is 67.2 Å². The number of rotatable bonds is 3. The molecule has 1 aliphatic rings. The quantitative estimate of drug-likeness (QED) is 0.643. The van der Waals surface area contributed by atoms with E-state index in [4.69, 9.17) is 0 Å². The molecule has 1 aromatic carbocycles. The molecule has 1 aliphatic heterocycles. The Balaban J connectivity index is 1.47. The Morgan fingerprint density at radius 3 is 2.56 bits per heavy atom. The van der Waals surface area contributed by atoms with Crippen molar-refractivity contribution in [2.45, 2.75) is 6.92 Å². The fourth-order valence-electron chi connectivity index (χ4n) is 3.17. The summed E-state index contributed by atoms with van der Waals surface area (Å²) in [6.07, 6.45) is 5.31. The number of carbonyl (C=O) groups is 1. The van der Waals surface area contributed by atoms with E-state index in [0.29, 0.717) is 24.5 Å². The van der Waals surface area contributed by atoms with Crippen molar-refractivity contribution < 1.29 is 4.79 Å². The van der Waals surface area contributed by atoms with Gasteiger partial charge in [0.1, 0.15) is 23.8 Å². The minimum Gasteiger partial charge on any atom is -0.353 e. The van der Waals surface area contributed by atoms with E-state index in [1.807, 2.05) is 52.9 Å². The second kappa shape index (κ2) is 7.48. The van der Waals surface area contributed by atoms with Crippen molar-refractivity contribution in [3.8, 4) is 5.82 Å². The van der Waals surface area contributed by atoms with E-state index in [-0.39, 0.29) is 5.91 Å². The minimum absolute atomic E-state index is 0.0638. The van der Waals surface area contributed by atoms with Gasteiger partial charge < -0.3 is 9.80 Å². The van der Waals surface area contributed by atoms with Gasteiger partial charge in [0.15, 0.2) is 0 Å². The van der Waals surface area contributed by atoms with E-state index in [2.05, 4.69) is 35.8 Å². The maximum absolute atomic E-state index is 12.7. The lowest BCUT2D eigenvalue weighted by molar-refractivity contribution is 0.0746. The molecule has 0 atom stereocenters. The number of carbonyl (C=O) groups excluding carboxylic acids is 1. The number of halogens is 1. The zero-order chi connectivity index (χ0) is 18.8. The largest absolute Gasteiger partial charge is 0.353 e. The van der Waals surface area contributed by atoms with Crippen LogP contribution in [0, 0.1) is 6.92 Å². The summed E-state index contributed by atoms with van der Waals surface area (Å²) in [6, 6.07) is 9.48. The predicted molar refractivity (Wildman–Crippen MR) is 106 cm³/mol. The normalized spacial score (nSPS) is 14.4. The molecule has 3 heterocycles. The van der Waals surface area contributed by atoms with E-state index in [0.717, 1.165) is 29.2 Å². The van der Waals surface area contributed by atoms with E-state index in [1.165, 1.54) is 0 Å². The molecule has 0 spiro atoms. The highest BCUT2D eigenvalue weighted by Crippen LogP contribution is 2.19. The summed E-state index contributed by atoms with van der Waals surface area (Å²) in [5.74, 6) is 2.45. The highest BCUT2D eigenvalue weighted by molar-refractivity contribution is 9.10. The van der Waals surface area contributed by atoms with Crippen LogP contribution in [0.5, 0.6) is 0 Å². The second-order valence-electron chi connectivity index (χ2n) is 6.39. The van der Waals surface area contributed by atoms with Gasteiger partial charge in [-0.2, -0.15) is 0 Å². The van der Waals surface area contributed by atoms with Gasteiger partial charge in [-0.3, -0.25) is 9.36 Å². The number of hydrogen-bond acceptors (Lipinski definition) is 5. The fourth-order valence-corrected chi connectivity index (χ4v) is 3.57. The Morgan fingerprint density at radius 1 is 1.07 bits per heavy atom. The first kappa shape index (κ1) is 17.7. The van der Waals surface area contributed by atoms with Crippen molar-refractivity contribution in [2.75, 3.05) is 31.1 Å². The molecule has 0 radical (unpaired) electrons. The van der Waals surface area contributed by atoms with Gasteiger partial charge in [0.25, 0.3) is 5.91 Å². The molecule has 8 heteroatoms. The molecule has 3 aromatic rings. The maximum Gasteiger partial charge on any atom is 0.254 e. The van der Waals surface area contributed by atoms with Crippen LogP contribution in [0.1, 0.15) is 16.2 Å². The smallest absolute Gasteiger partial charge is 0.254 e. The van der Waals surface area contributed by atoms with E-state index >= 15 is 0 Å². The van der Waals surface area contributed by atoms with Gasteiger partial charge in [0.05, 0.1) is 0 Å². The van der Waals surface area contributed by atoms with Crippen molar-refractivity contribution in [3.05, 3.63) is 64.9 Å². The molecule has 0 unspecified atom stereocenters. The summed E-state index contributed by atoms with van der Waals surface area (Å²) in [7, 11) is 0. The first-order valence-electron chi connectivity index (χ1n) is 8.74. The van der Waals surface area contributed by atoms with E-state index in [1.54, 1.807) is 12.5 Å². The summed E-state index contributed by atoms with van der Waals surface area (Å²) in [6.45, 7) is 4.68. The molecule has 1 saturated heterocycles.